The van der Waals surface area contributed by atoms with Crippen LogP contribution in [0.4, 0.5) is 0 Å². The standard InChI is InChI=1S/C25H23P/c1-25(2,3)24-22(17-11-5-4-6-12-17)26(24)23-20-15-9-7-13-18(20)19-14-8-10-16-21(19)23/h4-16,23H,1-3H3. The number of fused-ring (bicyclic) bond motifs is 3. The third-order valence-corrected chi connectivity index (χ3v) is 8.66. The maximum absolute atomic E-state index is 2.38. The van der Waals surface area contributed by atoms with Crippen molar-refractivity contribution in [3.63, 3.8) is 0 Å². The number of rotatable bonds is 2. The maximum atomic E-state index is 2.38. The van der Waals surface area contributed by atoms with E-state index in [1.54, 1.807) is 10.6 Å². The van der Waals surface area contributed by atoms with Gasteiger partial charge in [-0.15, -0.1) is 0 Å². The summed E-state index contributed by atoms with van der Waals surface area (Å²) in [4.78, 5) is 0. The Morgan fingerprint density at radius 1 is 0.654 bits per heavy atom. The van der Waals surface area contributed by atoms with Gasteiger partial charge in [0.1, 0.15) is 0 Å². The monoisotopic (exact) mass is 354 g/mol. The highest BCUT2D eigenvalue weighted by atomic mass is 31.1. The largest absolute Gasteiger partial charge is 0.0622 e. The molecular weight excluding hydrogens is 331 g/mol. The normalized spacial score (nSPS) is 18.7. The fourth-order valence-electron chi connectivity index (χ4n) is 4.43. The zero-order valence-corrected chi connectivity index (χ0v) is 16.4. The van der Waals surface area contributed by atoms with Crippen molar-refractivity contribution in [2.45, 2.75) is 26.4 Å². The molecule has 0 aromatic heterocycles. The van der Waals surface area contributed by atoms with E-state index in [0.29, 0.717) is 5.66 Å². The molecule has 26 heavy (non-hydrogen) atoms. The van der Waals surface area contributed by atoms with Crippen LogP contribution in [-0.2, 0) is 0 Å². The molecule has 0 saturated heterocycles. The van der Waals surface area contributed by atoms with E-state index in [1.165, 1.54) is 27.8 Å². The first-order valence-corrected chi connectivity index (χ1v) is 10.8. The Kier molecular flexibility index (Phi) is 3.49. The van der Waals surface area contributed by atoms with Gasteiger partial charge in [-0.3, -0.25) is 0 Å². The van der Waals surface area contributed by atoms with Crippen molar-refractivity contribution in [3.8, 4) is 11.1 Å². The molecule has 0 bridgehead atoms. The van der Waals surface area contributed by atoms with Crippen LogP contribution in [0.15, 0.2) is 84.2 Å². The molecule has 0 radical (unpaired) electrons. The van der Waals surface area contributed by atoms with Crippen molar-refractivity contribution in [2.24, 2.45) is 5.41 Å². The third-order valence-electron chi connectivity index (χ3n) is 5.47. The van der Waals surface area contributed by atoms with Gasteiger partial charge in [0.25, 0.3) is 0 Å². The molecule has 1 aliphatic heterocycles. The SMILES string of the molecule is CC(C)(C)C1=C(c2ccccc2)P1C1c2ccccc2-c2ccccc21. The molecular formula is C25H23P. The van der Waals surface area contributed by atoms with Crippen LogP contribution in [-0.4, -0.2) is 0 Å². The van der Waals surface area contributed by atoms with Gasteiger partial charge >= 0.3 is 0 Å². The predicted molar refractivity (Wildman–Crippen MR) is 113 cm³/mol. The molecule has 0 N–H and O–H groups in total. The molecule has 5 rings (SSSR count). The summed E-state index contributed by atoms with van der Waals surface area (Å²) in [6, 6.07) is 29.1. The van der Waals surface area contributed by atoms with Crippen LogP contribution in [0, 0.1) is 5.41 Å². The predicted octanol–water partition coefficient (Wildman–Crippen LogP) is 7.67. The molecule has 1 atom stereocenters. The van der Waals surface area contributed by atoms with Crippen molar-refractivity contribution in [3.05, 3.63) is 101 Å². The molecule has 1 unspecified atom stereocenters. The van der Waals surface area contributed by atoms with Crippen molar-refractivity contribution in [2.75, 3.05) is 0 Å². The first kappa shape index (κ1) is 16.0. The molecule has 1 heterocycles. The van der Waals surface area contributed by atoms with Gasteiger partial charge < -0.3 is 0 Å². The molecule has 0 spiro atoms. The lowest BCUT2D eigenvalue weighted by Crippen LogP contribution is -2.02. The second-order valence-corrected chi connectivity index (χ2v) is 10.4. The summed E-state index contributed by atoms with van der Waals surface area (Å²) in [5, 5.41) is 3.32. The minimum absolute atomic E-state index is 0.226. The van der Waals surface area contributed by atoms with Crippen molar-refractivity contribution in [1.29, 1.82) is 0 Å². The van der Waals surface area contributed by atoms with Crippen molar-refractivity contribution < 1.29 is 0 Å². The number of allylic oxidation sites excluding steroid dienone is 1. The van der Waals surface area contributed by atoms with E-state index in [1.807, 2.05) is 0 Å². The van der Waals surface area contributed by atoms with Crippen LogP contribution >= 0.6 is 7.92 Å². The molecule has 3 aromatic rings. The fourth-order valence-corrected chi connectivity index (χ4v) is 8.10. The first-order valence-electron chi connectivity index (χ1n) is 9.35. The van der Waals surface area contributed by atoms with Gasteiger partial charge in [0.05, 0.1) is 0 Å². The highest BCUT2D eigenvalue weighted by molar-refractivity contribution is 7.82. The van der Waals surface area contributed by atoms with Crippen LogP contribution in [0.1, 0.15) is 43.1 Å². The maximum Gasteiger partial charge on any atom is 0.0382 e. The highest BCUT2D eigenvalue weighted by Crippen LogP contribution is 2.86. The first-order chi connectivity index (χ1) is 12.6. The Balaban J connectivity index is 1.67. The lowest BCUT2D eigenvalue weighted by Gasteiger charge is -2.21. The van der Waals surface area contributed by atoms with E-state index in [2.05, 4.69) is 99.6 Å². The molecule has 1 aliphatic carbocycles. The van der Waals surface area contributed by atoms with E-state index in [4.69, 9.17) is 0 Å². The third kappa shape index (κ3) is 2.32. The molecule has 2 aliphatic rings. The minimum Gasteiger partial charge on any atom is -0.0622 e. The van der Waals surface area contributed by atoms with E-state index < -0.39 is 0 Å². The molecule has 0 amide bonds. The lowest BCUT2D eigenvalue weighted by molar-refractivity contribution is 0.539. The molecule has 0 saturated carbocycles. The zero-order valence-electron chi connectivity index (χ0n) is 15.5. The summed E-state index contributed by atoms with van der Waals surface area (Å²) in [5.74, 6) is 0. The van der Waals surface area contributed by atoms with E-state index >= 15 is 0 Å². The second-order valence-electron chi connectivity index (χ2n) is 8.26. The van der Waals surface area contributed by atoms with Crippen LogP contribution in [0.25, 0.3) is 16.4 Å². The van der Waals surface area contributed by atoms with Gasteiger partial charge in [0.15, 0.2) is 0 Å². The van der Waals surface area contributed by atoms with Gasteiger partial charge in [-0.1, -0.05) is 99.6 Å². The summed E-state index contributed by atoms with van der Waals surface area (Å²) in [5.41, 5.74) is 8.07. The minimum atomic E-state index is -0.283. The summed E-state index contributed by atoms with van der Waals surface area (Å²) < 4.78 is 0. The average Bonchev–Trinajstić information content (AvgIpc) is 3.32. The molecule has 1 heteroatoms. The number of hydrogen-bond donors (Lipinski definition) is 0. The summed E-state index contributed by atoms with van der Waals surface area (Å²) in [6.45, 7) is 7.13. The Morgan fingerprint density at radius 2 is 1.15 bits per heavy atom. The van der Waals surface area contributed by atoms with Gasteiger partial charge in [0, 0.05) is 5.66 Å². The van der Waals surface area contributed by atoms with E-state index in [9.17, 15) is 0 Å². The van der Waals surface area contributed by atoms with Crippen LogP contribution in [0.2, 0.25) is 0 Å². The topological polar surface area (TPSA) is 0 Å². The zero-order chi connectivity index (χ0) is 17.9. The smallest absolute Gasteiger partial charge is 0.0382 e. The quantitative estimate of drug-likeness (QED) is 0.414. The molecule has 128 valence electrons. The average molecular weight is 354 g/mol. The molecule has 0 fully saturated rings. The van der Waals surface area contributed by atoms with Gasteiger partial charge in [-0.2, -0.15) is 0 Å². The second kappa shape index (κ2) is 5.66. The Bertz CT molecular complexity index is 976. The van der Waals surface area contributed by atoms with Crippen LogP contribution < -0.4 is 0 Å². The van der Waals surface area contributed by atoms with Gasteiger partial charge in [0.2, 0.25) is 0 Å². The van der Waals surface area contributed by atoms with Crippen LogP contribution in [0.3, 0.4) is 0 Å². The van der Waals surface area contributed by atoms with Crippen molar-refractivity contribution in [1.82, 2.24) is 0 Å². The molecule has 0 nitrogen and oxygen atoms in total. The highest BCUT2D eigenvalue weighted by Gasteiger charge is 2.50. The number of hydrogen-bond acceptors (Lipinski definition) is 0. The summed E-state index contributed by atoms with van der Waals surface area (Å²) in [7, 11) is -0.283. The Hall–Kier alpha value is -2.17. The van der Waals surface area contributed by atoms with Gasteiger partial charge in [-0.25, -0.2) is 0 Å². The number of benzene rings is 3. The lowest BCUT2D eigenvalue weighted by atomic mass is 9.95. The molecule has 3 aromatic carbocycles. The fraction of sp³-hybridized carbons (Fsp3) is 0.200. The Morgan fingerprint density at radius 3 is 1.69 bits per heavy atom. The van der Waals surface area contributed by atoms with Crippen LogP contribution in [0.5, 0.6) is 0 Å². The van der Waals surface area contributed by atoms with Crippen molar-refractivity contribution >= 4 is 13.2 Å². The summed E-state index contributed by atoms with van der Waals surface area (Å²) in [6.07, 6.45) is 0. The van der Waals surface area contributed by atoms with E-state index in [-0.39, 0.29) is 13.3 Å². The Labute approximate surface area is 157 Å². The van der Waals surface area contributed by atoms with Gasteiger partial charge in [-0.05, 0) is 51.8 Å². The van der Waals surface area contributed by atoms with E-state index in [0.717, 1.165) is 0 Å². The summed E-state index contributed by atoms with van der Waals surface area (Å²) >= 11 is 0.